The number of aryl methyl sites for hydroxylation is 1. The minimum absolute atomic E-state index is 0.0941. The van der Waals surface area contributed by atoms with Crippen molar-refractivity contribution >= 4 is 29.1 Å². The molecule has 0 bridgehead atoms. The Morgan fingerprint density at radius 2 is 1.92 bits per heavy atom. The van der Waals surface area contributed by atoms with Crippen molar-refractivity contribution in [2.75, 3.05) is 6.54 Å². The average Bonchev–Trinajstić information content (AvgIpc) is 3.25. The summed E-state index contributed by atoms with van der Waals surface area (Å²) in [5, 5.41) is 16.4. The molecule has 1 aromatic carbocycles. The highest BCUT2D eigenvalue weighted by Crippen LogP contribution is 2.45. The number of thiazole rings is 1. The lowest BCUT2D eigenvalue weighted by atomic mass is 9.85. The molecule has 2 fully saturated rings. The lowest BCUT2D eigenvalue weighted by Crippen LogP contribution is -2.58. The van der Waals surface area contributed by atoms with E-state index in [4.69, 9.17) is 0 Å². The second kappa shape index (κ2) is 11.8. The number of benzene rings is 1. The smallest absolute Gasteiger partial charge is 0.246 e. The number of nitrogens with zero attached hydrogens (tertiary/aromatic N) is 2. The topological polar surface area (TPSA) is 112 Å². The molecule has 3 N–H and O–H groups in total. The molecule has 1 saturated heterocycles. The molecular formula is C29H42N4O4S. The van der Waals surface area contributed by atoms with E-state index in [0.29, 0.717) is 18.5 Å². The normalized spacial score (nSPS) is 18.7. The monoisotopic (exact) mass is 542 g/mol. The number of likely N-dealkylation sites (tertiary alicyclic amines) is 1. The number of rotatable bonds is 7. The molecule has 1 aliphatic carbocycles. The molecule has 1 aliphatic heterocycles. The second-order valence-corrected chi connectivity index (χ2v) is 12.2. The van der Waals surface area contributed by atoms with Gasteiger partial charge in [-0.05, 0) is 49.7 Å². The molecule has 0 radical (unpaired) electrons. The summed E-state index contributed by atoms with van der Waals surface area (Å²) in [5.41, 5.74) is 3.27. The van der Waals surface area contributed by atoms with Crippen LogP contribution in [0.3, 0.4) is 0 Å². The molecule has 0 spiro atoms. The van der Waals surface area contributed by atoms with Crippen molar-refractivity contribution in [3.05, 3.63) is 35.0 Å². The van der Waals surface area contributed by atoms with Gasteiger partial charge in [0.1, 0.15) is 17.8 Å². The van der Waals surface area contributed by atoms with Gasteiger partial charge < -0.3 is 20.6 Å². The molecule has 2 atom stereocenters. The number of nitrogens with one attached hydrogen (secondary N) is 2. The number of phenolic OH excluding ortho intramolecular Hbond substituents is 1. The van der Waals surface area contributed by atoms with Crippen molar-refractivity contribution in [2.45, 2.75) is 92.8 Å². The Balaban J connectivity index is 0.00000195. The van der Waals surface area contributed by atoms with E-state index < -0.39 is 17.5 Å². The van der Waals surface area contributed by atoms with Gasteiger partial charge in [-0.3, -0.25) is 14.4 Å². The third-order valence-corrected chi connectivity index (χ3v) is 8.30. The van der Waals surface area contributed by atoms with E-state index in [0.717, 1.165) is 35.4 Å². The summed E-state index contributed by atoms with van der Waals surface area (Å²) in [6, 6.07) is 4.08. The van der Waals surface area contributed by atoms with E-state index in [1.54, 1.807) is 22.5 Å². The Hall–Kier alpha value is -2.94. The van der Waals surface area contributed by atoms with Crippen LogP contribution in [0.15, 0.2) is 23.7 Å². The first-order chi connectivity index (χ1) is 17.9. The lowest BCUT2D eigenvalue weighted by molar-refractivity contribution is -0.144. The third-order valence-electron chi connectivity index (χ3n) is 7.32. The highest BCUT2D eigenvalue weighted by Gasteiger charge is 2.48. The highest BCUT2D eigenvalue weighted by atomic mass is 32.1. The van der Waals surface area contributed by atoms with Crippen molar-refractivity contribution < 1.29 is 19.5 Å². The van der Waals surface area contributed by atoms with Crippen LogP contribution in [0.2, 0.25) is 0 Å². The van der Waals surface area contributed by atoms with Crippen molar-refractivity contribution in [1.82, 2.24) is 20.5 Å². The number of aromatic hydroxyl groups is 1. The molecule has 208 valence electrons. The van der Waals surface area contributed by atoms with Gasteiger partial charge in [-0.25, -0.2) is 4.98 Å². The molecule has 1 saturated carbocycles. The predicted molar refractivity (Wildman–Crippen MR) is 151 cm³/mol. The molecule has 2 heterocycles. The number of phenols is 1. The third kappa shape index (κ3) is 6.54. The molecule has 1 aromatic heterocycles. The SMILES string of the molecule is CC.Cc1ncsc1-c1ccc(CNC(=O)C2CCCN2C(=O)C(NC(=O)C2(C)CC2)C(C)(C)C)c(O)c1. The van der Waals surface area contributed by atoms with Crippen LogP contribution in [0.25, 0.3) is 10.4 Å². The zero-order valence-corrected chi connectivity index (χ0v) is 24.5. The number of hydrogen-bond acceptors (Lipinski definition) is 6. The summed E-state index contributed by atoms with van der Waals surface area (Å²) < 4.78 is 0. The molecule has 8 nitrogen and oxygen atoms in total. The summed E-state index contributed by atoms with van der Waals surface area (Å²) in [6.07, 6.45) is 2.95. The van der Waals surface area contributed by atoms with Gasteiger partial charge >= 0.3 is 0 Å². The van der Waals surface area contributed by atoms with Crippen molar-refractivity contribution in [2.24, 2.45) is 10.8 Å². The molecule has 4 rings (SSSR count). The molecule has 2 aliphatic rings. The van der Waals surface area contributed by atoms with Gasteiger partial charge in [-0.1, -0.05) is 53.7 Å². The number of carbonyl (C=O) groups is 3. The Morgan fingerprint density at radius 1 is 1.24 bits per heavy atom. The number of carbonyl (C=O) groups excluding carboxylic acids is 3. The van der Waals surface area contributed by atoms with Crippen LogP contribution in [0, 0.1) is 17.8 Å². The summed E-state index contributed by atoms with van der Waals surface area (Å²) in [6.45, 7) is 14.3. The first-order valence-electron chi connectivity index (χ1n) is 13.5. The maximum atomic E-state index is 13.6. The summed E-state index contributed by atoms with van der Waals surface area (Å²) in [7, 11) is 0. The van der Waals surface area contributed by atoms with Gasteiger partial charge in [-0.2, -0.15) is 0 Å². The van der Waals surface area contributed by atoms with Crippen molar-refractivity contribution in [3.8, 4) is 16.2 Å². The van der Waals surface area contributed by atoms with Gasteiger partial charge in [0.15, 0.2) is 0 Å². The Morgan fingerprint density at radius 3 is 2.47 bits per heavy atom. The summed E-state index contributed by atoms with van der Waals surface area (Å²) in [4.78, 5) is 46.3. The van der Waals surface area contributed by atoms with Gasteiger partial charge in [0.05, 0.1) is 16.1 Å². The number of aromatic nitrogens is 1. The minimum Gasteiger partial charge on any atom is -0.508 e. The number of amides is 3. The average molecular weight is 543 g/mol. The minimum atomic E-state index is -0.706. The summed E-state index contributed by atoms with van der Waals surface area (Å²) in [5.74, 6) is -0.465. The zero-order valence-electron chi connectivity index (χ0n) is 23.7. The van der Waals surface area contributed by atoms with Crippen LogP contribution in [0.5, 0.6) is 5.75 Å². The van der Waals surface area contributed by atoms with E-state index in [1.165, 1.54) is 11.3 Å². The molecule has 2 aromatic rings. The van der Waals surface area contributed by atoms with Gasteiger partial charge in [0.2, 0.25) is 17.7 Å². The quantitative estimate of drug-likeness (QED) is 0.466. The van der Waals surface area contributed by atoms with Crippen LogP contribution >= 0.6 is 11.3 Å². The molecule has 2 unspecified atom stereocenters. The van der Waals surface area contributed by atoms with E-state index in [2.05, 4.69) is 15.6 Å². The lowest BCUT2D eigenvalue weighted by Gasteiger charge is -2.36. The van der Waals surface area contributed by atoms with Crippen LogP contribution in [-0.4, -0.2) is 51.3 Å². The van der Waals surface area contributed by atoms with E-state index in [-0.39, 0.29) is 35.4 Å². The highest BCUT2D eigenvalue weighted by molar-refractivity contribution is 7.13. The van der Waals surface area contributed by atoms with Crippen LogP contribution in [-0.2, 0) is 20.9 Å². The fraction of sp³-hybridized carbons (Fsp3) is 0.586. The predicted octanol–water partition coefficient (Wildman–Crippen LogP) is 4.79. The van der Waals surface area contributed by atoms with E-state index in [9.17, 15) is 19.5 Å². The van der Waals surface area contributed by atoms with Crippen LogP contribution in [0.4, 0.5) is 0 Å². The van der Waals surface area contributed by atoms with Gasteiger partial charge in [0.25, 0.3) is 0 Å². The standard InChI is InChI=1S/C27H36N4O4S.C2H6/c1-16-21(36-15-29-16)17-8-9-18(20(32)13-17)14-28-23(33)19-7-6-12-31(19)24(34)22(26(2,3)4)30-25(35)27(5)10-11-27;1-2/h8-9,13,15,19,22,32H,6-7,10-12,14H2,1-5H3,(H,28,33)(H,30,35);1-2H3. The van der Waals surface area contributed by atoms with Crippen LogP contribution < -0.4 is 10.6 Å². The Labute approximate surface area is 230 Å². The Bertz CT molecular complexity index is 1170. The first kappa shape index (κ1) is 29.6. The van der Waals surface area contributed by atoms with E-state index in [1.807, 2.05) is 54.5 Å². The zero-order chi connectivity index (χ0) is 28.3. The molecular weight excluding hydrogens is 500 g/mol. The first-order valence-corrected chi connectivity index (χ1v) is 14.4. The van der Waals surface area contributed by atoms with Gasteiger partial charge in [-0.15, -0.1) is 11.3 Å². The molecule has 3 amide bonds. The maximum Gasteiger partial charge on any atom is 0.246 e. The maximum absolute atomic E-state index is 13.6. The second-order valence-electron chi connectivity index (χ2n) is 11.4. The fourth-order valence-corrected chi connectivity index (χ4v) is 5.37. The Kier molecular flexibility index (Phi) is 9.23. The van der Waals surface area contributed by atoms with Crippen molar-refractivity contribution in [3.63, 3.8) is 0 Å². The van der Waals surface area contributed by atoms with E-state index >= 15 is 0 Å². The fourth-order valence-electron chi connectivity index (χ4n) is 4.57. The van der Waals surface area contributed by atoms with Gasteiger partial charge in [0, 0.05) is 24.1 Å². The van der Waals surface area contributed by atoms with Crippen molar-refractivity contribution in [1.29, 1.82) is 0 Å². The largest absolute Gasteiger partial charge is 0.508 e. The molecule has 38 heavy (non-hydrogen) atoms. The molecule has 9 heteroatoms. The van der Waals surface area contributed by atoms with Crippen LogP contribution in [0.1, 0.15) is 78.5 Å². The summed E-state index contributed by atoms with van der Waals surface area (Å²) >= 11 is 1.51. The number of hydrogen-bond donors (Lipinski definition) is 3.